The molecule has 3 rings (SSSR count). The van der Waals surface area contributed by atoms with Crippen molar-refractivity contribution in [3.05, 3.63) is 22.2 Å². The van der Waals surface area contributed by atoms with Gasteiger partial charge in [0.1, 0.15) is 13.2 Å². The summed E-state index contributed by atoms with van der Waals surface area (Å²) in [5.74, 6) is 1.68. The molecular formula is C14H19BrN2O2. The van der Waals surface area contributed by atoms with E-state index in [0.717, 1.165) is 42.0 Å². The van der Waals surface area contributed by atoms with Crippen LogP contribution in [0.3, 0.4) is 0 Å². The van der Waals surface area contributed by atoms with Crippen molar-refractivity contribution in [3.8, 4) is 11.5 Å². The molecule has 1 atom stereocenters. The fraction of sp³-hybridized carbons (Fsp3) is 0.571. The van der Waals surface area contributed by atoms with E-state index in [1.165, 1.54) is 5.56 Å². The zero-order valence-corrected chi connectivity index (χ0v) is 12.7. The van der Waals surface area contributed by atoms with Crippen molar-refractivity contribution in [2.45, 2.75) is 25.4 Å². The summed E-state index contributed by atoms with van der Waals surface area (Å²) >= 11 is 3.61. The predicted molar refractivity (Wildman–Crippen MR) is 77.9 cm³/mol. The van der Waals surface area contributed by atoms with Crippen LogP contribution in [0.2, 0.25) is 0 Å². The molecular weight excluding hydrogens is 308 g/mol. The lowest BCUT2D eigenvalue weighted by Gasteiger charge is -2.26. The molecule has 2 heterocycles. The highest BCUT2D eigenvalue weighted by molar-refractivity contribution is 9.10. The van der Waals surface area contributed by atoms with Gasteiger partial charge in [0, 0.05) is 23.1 Å². The normalized spacial score (nSPS) is 25.6. The molecule has 4 nitrogen and oxygen atoms in total. The smallest absolute Gasteiger partial charge is 0.162 e. The van der Waals surface area contributed by atoms with Crippen LogP contribution >= 0.6 is 15.9 Å². The third-order valence-electron chi connectivity index (χ3n) is 3.79. The summed E-state index contributed by atoms with van der Waals surface area (Å²) in [4.78, 5) is 0. The number of hydrogen-bond donors (Lipinski definition) is 2. The number of ether oxygens (including phenoxy) is 2. The average Bonchev–Trinajstić information content (AvgIpc) is 2.84. The highest BCUT2D eigenvalue weighted by Crippen LogP contribution is 2.35. The molecule has 1 fully saturated rings. The third-order valence-corrected chi connectivity index (χ3v) is 4.52. The van der Waals surface area contributed by atoms with Gasteiger partial charge in [-0.15, -0.1) is 0 Å². The Labute approximate surface area is 122 Å². The lowest BCUT2D eigenvalue weighted by molar-refractivity contribution is 0.171. The van der Waals surface area contributed by atoms with Crippen molar-refractivity contribution in [2.75, 3.05) is 26.3 Å². The average molecular weight is 327 g/mol. The van der Waals surface area contributed by atoms with Gasteiger partial charge in [0.25, 0.3) is 0 Å². The summed E-state index contributed by atoms with van der Waals surface area (Å²) in [6.45, 7) is 6.46. The van der Waals surface area contributed by atoms with Gasteiger partial charge in [-0.25, -0.2) is 0 Å². The summed E-state index contributed by atoms with van der Waals surface area (Å²) in [5, 5.41) is 7.03. The number of halogens is 1. The Morgan fingerprint density at radius 1 is 1.32 bits per heavy atom. The lowest BCUT2D eigenvalue weighted by Crippen LogP contribution is -2.43. The monoisotopic (exact) mass is 326 g/mol. The van der Waals surface area contributed by atoms with E-state index >= 15 is 0 Å². The zero-order valence-electron chi connectivity index (χ0n) is 11.1. The van der Waals surface area contributed by atoms with E-state index in [2.05, 4.69) is 39.6 Å². The van der Waals surface area contributed by atoms with Crippen molar-refractivity contribution in [3.63, 3.8) is 0 Å². The van der Waals surface area contributed by atoms with Gasteiger partial charge in [0.05, 0.1) is 0 Å². The summed E-state index contributed by atoms with van der Waals surface area (Å²) in [6, 6.07) is 4.07. The highest BCUT2D eigenvalue weighted by Gasteiger charge is 2.27. The first-order chi connectivity index (χ1) is 9.16. The Bertz CT molecular complexity index is 473. The Morgan fingerprint density at radius 3 is 2.74 bits per heavy atom. The van der Waals surface area contributed by atoms with Crippen molar-refractivity contribution in [2.24, 2.45) is 0 Å². The Morgan fingerprint density at radius 2 is 2.05 bits per heavy atom. The minimum absolute atomic E-state index is 0.187. The Kier molecular flexibility index (Phi) is 3.69. The molecule has 0 radical (unpaired) electrons. The minimum atomic E-state index is 0.187. The largest absolute Gasteiger partial charge is 0.486 e. The van der Waals surface area contributed by atoms with E-state index in [4.69, 9.17) is 9.47 Å². The van der Waals surface area contributed by atoms with Crippen molar-refractivity contribution in [1.82, 2.24) is 10.6 Å². The zero-order chi connectivity index (χ0) is 13.3. The number of benzene rings is 1. The molecule has 1 aromatic carbocycles. The number of hydrogen-bond acceptors (Lipinski definition) is 4. The summed E-state index contributed by atoms with van der Waals surface area (Å²) in [5.41, 5.74) is 1.39. The molecule has 5 heteroatoms. The van der Waals surface area contributed by atoms with Gasteiger partial charge in [-0.05, 0) is 37.6 Å². The van der Waals surface area contributed by atoms with E-state index in [-0.39, 0.29) is 5.54 Å². The molecule has 104 valence electrons. The molecule has 2 aliphatic heterocycles. The first kappa shape index (κ1) is 13.2. The van der Waals surface area contributed by atoms with Gasteiger partial charge in [-0.3, -0.25) is 0 Å². The van der Waals surface area contributed by atoms with E-state index in [0.29, 0.717) is 13.2 Å². The topological polar surface area (TPSA) is 42.5 Å². The maximum Gasteiger partial charge on any atom is 0.162 e. The SMILES string of the molecule is CC1(NCc2cc3c(cc2Br)OCCO3)CCNC1. The van der Waals surface area contributed by atoms with Gasteiger partial charge in [-0.2, -0.15) is 0 Å². The van der Waals surface area contributed by atoms with Gasteiger partial charge < -0.3 is 20.1 Å². The van der Waals surface area contributed by atoms with E-state index in [1.54, 1.807) is 0 Å². The lowest BCUT2D eigenvalue weighted by atomic mass is 10.0. The standard InChI is InChI=1S/C14H19BrN2O2/c1-14(2-3-16-9-14)17-8-10-6-12-13(7-11(10)15)19-5-4-18-12/h6-7,16-17H,2-5,8-9H2,1H3. The predicted octanol–water partition coefficient (Wildman–Crippen LogP) is 2.06. The van der Waals surface area contributed by atoms with Crippen molar-refractivity contribution in [1.29, 1.82) is 0 Å². The van der Waals surface area contributed by atoms with Crippen LogP contribution in [-0.2, 0) is 6.54 Å². The van der Waals surface area contributed by atoms with Crippen LogP contribution in [0.4, 0.5) is 0 Å². The molecule has 0 saturated carbocycles. The fourth-order valence-electron chi connectivity index (χ4n) is 2.52. The second-order valence-electron chi connectivity index (χ2n) is 5.43. The Balaban J connectivity index is 1.73. The maximum atomic E-state index is 5.63. The maximum absolute atomic E-state index is 5.63. The Hall–Kier alpha value is -0.780. The van der Waals surface area contributed by atoms with Gasteiger partial charge in [0.2, 0.25) is 0 Å². The summed E-state index contributed by atoms with van der Waals surface area (Å²) in [7, 11) is 0. The first-order valence-electron chi connectivity index (χ1n) is 6.70. The van der Waals surface area contributed by atoms with E-state index < -0.39 is 0 Å². The van der Waals surface area contributed by atoms with Crippen LogP contribution in [0.1, 0.15) is 18.9 Å². The van der Waals surface area contributed by atoms with Crippen LogP contribution < -0.4 is 20.1 Å². The highest BCUT2D eigenvalue weighted by atomic mass is 79.9. The number of fused-ring (bicyclic) bond motifs is 1. The van der Waals surface area contributed by atoms with E-state index in [1.807, 2.05) is 6.07 Å². The second kappa shape index (κ2) is 5.31. The molecule has 1 saturated heterocycles. The van der Waals surface area contributed by atoms with Crippen LogP contribution in [-0.4, -0.2) is 31.8 Å². The van der Waals surface area contributed by atoms with Crippen molar-refractivity contribution >= 4 is 15.9 Å². The minimum Gasteiger partial charge on any atom is -0.486 e. The van der Waals surface area contributed by atoms with Gasteiger partial charge in [0.15, 0.2) is 11.5 Å². The third kappa shape index (κ3) is 2.88. The quantitative estimate of drug-likeness (QED) is 0.892. The number of rotatable bonds is 3. The molecule has 0 aliphatic carbocycles. The molecule has 19 heavy (non-hydrogen) atoms. The second-order valence-corrected chi connectivity index (χ2v) is 6.28. The fourth-order valence-corrected chi connectivity index (χ4v) is 2.98. The van der Waals surface area contributed by atoms with Crippen LogP contribution in [0.15, 0.2) is 16.6 Å². The molecule has 2 aliphatic rings. The molecule has 0 aromatic heterocycles. The van der Waals surface area contributed by atoms with E-state index in [9.17, 15) is 0 Å². The molecule has 1 unspecified atom stereocenters. The van der Waals surface area contributed by atoms with Crippen LogP contribution in [0.25, 0.3) is 0 Å². The van der Waals surface area contributed by atoms with Gasteiger partial charge >= 0.3 is 0 Å². The van der Waals surface area contributed by atoms with Crippen LogP contribution in [0.5, 0.6) is 11.5 Å². The molecule has 0 amide bonds. The first-order valence-corrected chi connectivity index (χ1v) is 7.49. The van der Waals surface area contributed by atoms with Gasteiger partial charge in [-0.1, -0.05) is 15.9 Å². The number of nitrogens with one attached hydrogen (secondary N) is 2. The summed E-state index contributed by atoms with van der Waals surface area (Å²) < 4.78 is 12.3. The van der Waals surface area contributed by atoms with Crippen LogP contribution in [0, 0.1) is 0 Å². The molecule has 1 aromatic rings. The van der Waals surface area contributed by atoms with Crippen molar-refractivity contribution < 1.29 is 9.47 Å². The summed E-state index contributed by atoms with van der Waals surface area (Å²) in [6.07, 6.45) is 1.16. The molecule has 0 bridgehead atoms. The molecule has 0 spiro atoms. The molecule has 2 N–H and O–H groups in total.